The molecular formula is C11H11ClN2S. The summed E-state index contributed by atoms with van der Waals surface area (Å²) in [6.45, 7) is 1.11. The lowest BCUT2D eigenvalue weighted by atomic mass is 10.2. The third-order valence-corrected chi connectivity index (χ3v) is 4.09. The molecule has 0 radical (unpaired) electrons. The van der Waals surface area contributed by atoms with Gasteiger partial charge in [0.1, 0.15) is 5.01 Å². The van der Waals surface area contributed by atoms with E-state index in [1.165, 1.54) is 22.5 Å². The molecule has 1 atom stereocenters. The van der Waals surface area contributed by atoms with Crippen LogP contribution in [-0.4, -0.2) is 11.5 Å². The van der Waals surface area contributed by atoms with Crippen LogP contribution in [0.5, 0.6) is 0 Å². The lowest BCUT2D eigenvalue weighted by Gasteiger charge is -2.03. The summed E-state index contributed by atoms with van der Waals surface area (Å²) in [5.74, 6) is 0. The molecule has 1 N–H and O–H groups in total. The van der Waals surface area contributed by atoms with E-state index in [0.717, 1.165) is 17.1 Å². The van der Waals surface area contributed by atoms with Crippen LogP contribution < -0.4 is 5.32 Å². The molecule has 0 saturated carbocycles. The standard InChI is InChI=1S/C11H11ClN2S/c12-7-3-4-8-10(6-7)15-11(14-8)9-2-1-5-13-9/h3-4,6,9,13H,1-2,5H2. The molecule has 1 aromatic carbocycles. The van der Waals surface area contributed by atoms with Gasteiger partial charge in [-0.25, -0.2) is 4.98 Å². The lowest BCUT2D eigenvalue weighted by molar-refractivity contribution is 0.644. The summed E-state index contributed by atoms with van der Waals surface area (Å²) >= 11 is 7.70. The average molecular weight is 239 g/mol. The first-order chi connectivity index (χ1) is 7.33. The van der Waals surface area contributed by atoms with E-state index in [1.807, 2.05) is 18.2 Å². The molecule has 2 aromatic rings. The molecule has 0 bridgehead atoms. The third kappa shape index (κ3) is 1.75. The summed E-state index contributed by atoms with van der Waals surface area (Å²) in [4.78, 5) is 4.63. The average Bonchev–Trinajstić information content (AvgIpc) is 2.84. The van der Waals surface area contributed by atoms with Crippen LogP contribution in [0, 0.1) is 0 Å². The number of thiazole rings is 1. The molecule has 1 aliphatic heterocycles. The van der Waals surface area contributed by atoms with Crippen molar-refractivity contribution in [2.75, 3.05) is 6.54 Å². The molecule has 78 valence electrons. The van der Waals surface area contributed by atoms with Crippen molar-refractivity contribution in [1.29, 1.82) is 0 Å². The smallest absolute Gasteiger partial charge is 0.111 e. The summed E-state index contributed by atoms with van der Waals surface area (Å²) in [6.07, 6.45) is 2.45. The highest BCUT2D eigenvalue weighted by molar-refractivity contribution is 7.18. The van der Waals surface area contributed by atoms with Gasteiger partial charge in [0, 0.05) is 5.02 Å². The summed E-state index contributed by atoms with van der Waals surface area (Å²) < 4.78 is 1.19. The quantitative estimate of drug-likeness (QED) is 0.824. The number of rotatable bonds is 1. The molecule has 0 spiro atoms. The van der Waals surface area contributed by atoms with Crippen LogP contribution in [0.1, 0.15) is 23.9 Å². The van der Waals surface area contributed by atoms with Gasteiger partial charge in [0.25, 0.3) is 0 Å². The zero-order valence-electron chi connectivity index (χ0n) is 8.16. The van der Waals surface area contributed by atoms with Crippen LogP contribution >= 0.6 is 22.9 Å². The number of nitrogens with zero attached hydrogens (tertiary/aromatic N) is 1. The maximum Gasteiger partial charge on any atom is 0.111 e. The van der Waals surface area contributed by atoms with Gasteiger partial charge in [-0.3, -0.25) is 0 Å². The predicted octanol–water partition coefficient (Wildman–Crippen LogP) is 3.37. The second-order valence-corrected chi connectivity index (χ2v) is 5.31. The first-order valence-corrected chi connectivity index (χ1v) is 6.32. The Hall–Kier alpha value is -0.640. The summed E-state index contributed by atoms with van der Waals surface area (Å²) in [6, 6.07) is 6.34. The molecule has 1 unspecified atom stereocenters. The molecule has 1 saturated heterocycles. The number of hydrogen-bond acceptors (Lipinski definition) is 3. The van der Waals surface area contributed by atoms with Gasteiger partial charge in [0.05, 0.1) is 16.3 Å². The Morgan fingerprint density at radius 1 is 1.47 bits per heavy atom. The van der Waals surface area contributed by atoms with E-state index in [1.54, 1.807) is 11.3 Å². The molecule has 4 heteroatoms. The highest BCUT2D eigenvalue weighted by atomic mass is 35.5. The van der Waals surface area contributed by atoms with Crippen LogP contribution in [-0.2, 0) is 0 Å². The van der Waals surface area contributed by atoms with Crippen molar-refractivity contribution in [3.8, 4) is 0 Å². The van der Waals surface area contributed by atoms with Gasteiger partial charge in [-0.15, -0.1) is 11.3 Å². The molecule has 3 rings (SSSR count). The van der Waals surface area contributed by atoms with E-state index >= 15 is 0 Å². The second-order valence-electron chi connectivity index (χ2n) is 3.81. The van der Waals surface area contributed by atoms with Crippen molar-refractivity contribution in [1.82, 2.24) is 10.3 Å². The van der Waals surface area contributed by atoms with Crippen molar-refractivity contribution < 1.29 is 0 Å². The Labute approximate surface area is 97.3 Å². The van der Waals surface area contributed by atoms with Gasteiger partial charge in [0.2, 0.25) is 0 Å². The van der Waals surface area contributed by atoms with Crippen molar-refractivity contribution in [2.45, 2.75) is 18.9 Å². The van der Waals surface area contributed by atoms with E-state index in [2.05, 4.69) is 10.3 Å². The first kappa shape index (κ1) is 9.58. The van der Waals surface area contributed by atoms with E-state index in [4.69, 9.17) is 11.6 Å². The fourth-order valence-electron chi connectivity index (χ4n) is 1.96. The van der Waals surface area contributed by atoms with E-state index in [9.17, 15) is 0 Å². The number of halogens is 1. The Kier molecular flexibility index (Phi) is 2.39. The fraction of sp³-hybridized carbons (Fsp3) is 0.364. The molecule has 1 aromatic heterocycles. The van der Waals surface area contributed by atoms with Gasteiger partial charge >= 0.3 is 0 Å². The van der Waals surface area contributed by atoms with Gasteiger partial charge in [-0.05, 0) is 37.6 Å². The molecule has 2 nitrogen and oxygen atoms in total. The molecule has 2 heterocycles. The fourth-order valence-corrected chi connectivity index (χ4v) is 3.31. The first-order valence-electron chi connectivity index (χ1n) is 5.12. The highest BCUT2D eigenvalue weighted by Gasteiger charge is 2.19. The number of aromatic nitrogens is 1. The predicted molar refractivity (Wildman–Crippen MR) is 64.6 cm³/mol. The van der Waals surface area contributed by atoms with Crippen molar-refractivity contribution in [3.05, 3.63) is 28.2 Å². The number of nitrogens with one attached hydrogen (secondary N) is 1. The van der Waals surface area contributed by atoms with Crippen molar-refractivity contribution in [2.24, 2.45) is 0 Å². The van der Waals surface area contributed by atoms with E-state index in [0.29, 0.717) is 6.04 Å². The SMILES string of the molecule is Clc1ccc2nc(C3CCCN3)sc2c1. The van der Waals surface area contributed by atoms with E-state index in [-0.39, 0.29) is 0 Å². The van der Waals surface area contributed by atoms with Crippen LogP contribution in [0.2, 0.25) is 5.02 Å². The van der Waals surface area contributed by atoms with Crippen LogP contribution in [0.25, 0.3) is 10.2 Å². The maximum atomic E-state index is 5.95. The van der Waals surface area contributed by atoms with E-state index < -0.39 is 0 Å². The minimum absolute atomic E-state index is 0.459. The zero-order valence-corrected chi connectivity index (χ0v) is 9.74. The van der Waals surface area contributed by atoms with Gasteiger partial charge in [0.15, 0.2) is 0 Å². The second kappa shape index (κ2) is 3.74. The van der Waals surface area contributed by atoms with Crippen LogP contribution in [0.3, 0.4) is 0 Å². The molecular weight excluding hydrogens is 228 g/mol. The maximum absolute atomic E-state index is 5.95. The molecule has 0 aliphatic carbocycles. The monoisotopic (exact) mass is 238 g/mol. The Bertz CT molecular complexity index is 488. The minimum atomic E-state index is 0.459. The molecule has 1 fully saturated rings. The lowest BCUT2D eigenvalue weighted by Crippen LogP contribution is -2.12. The summed E-state index contributed by atoms with van der Waals surface area (Å²) in [7, 11) is 0. The zero-order chi connectivity index (χ0) is 10.3. The molecule has 1 aliphatic rings. The highest BCUT2D eigenvalue weighted by Crippen LogP contribution is 2.31. The van der Waals surface area contributed by atoms with Crippen LogP contribution in [0.4, 0.5) is 0 Å². The summed E-state index contributed by atoms with van der Waals surface area (Å²) in [5, 5.41) is 5.45. The number of benzene rings is 1. The van der Waals surface area contributed by atoms with Crippen molar-refractivity contribution >= 4 is 33.2 Å². The number of fused-ring (bicyclic) bond motifs is 1. The Balaban J connectivity index is 2.05. The van der Waals surface area contributed by atoms with Gasteiger partial charge in [-0.2, -0.15) is 0 Å². The normalized spacial score (nSPS) is 21.3. The topological polar surface area (TPSA) is 24.9 Å². The number of hydrogen-bond donors (Lipinski definition) is 1. The third-order valence-electron chi connectivity index (χ3n) is 2.73. The van der Waals surface area contributed by atoms with Gasteiger partial charge < -0.3 is 5.32 Å². The minimum Gasteiger partial charge on any atom is -0.308 e. The Morgan fingerprint density at radius 2 is 2.40 bits per heavy atom. The molecule has 15 heavy (non-hydrogen) atoms. The summed E-state index contributed by atoms with van der Waals surface area (Å²) in [5.41, 5.74) is 1.06. The Morgan fingerprint density at radius 3 is 3.20 bits per heavy atom. The molecule has 0 amide bonds. The van der Waals surface area contributed by atoms with Gasteiger partial charge in [-0.1, -0.05) is 11.6 Å². The largest absolute Gasteiger partial charge is 0.308 e. The van der Waals surface area contributed by atoms with Crippen molar-refractivity contribution in [3.63, 3.8) is 0 Å². The van der Waals surface area contributed by atoms with Crippen LogP contribution in [0.15, 0.2) is 18.2 Å².